The highest BCUT2D eigenvalue weighted by molar-refractivity contribution is 5.81. The van der Waals surface area contributed by atoms with Gasteiger partial charge in [0.25, 0.3) is 0 Å². The molecular weight excluding hydrogens is 209 g/mol. The van der Waals surface area contributed by atoms with Crippen molar-refractivity contribution in [3.8, 4) is 0 Å². The molecular formula is C9H15F3N2O. The Morgan fingerprint density at radius 1 is 1.33 bits per heavy atom. The van der Waals surface area contributed by atoms with Gasteiger partial charge in [-0.05, 0) is 31.7 Å². The van der Waals surface area contributed by atoms with E-state index in [2.05, 4.69) is 0 Å². The van der Waals surface area contributed by atoms with Gasteiger partial charge < -0.3 is 10.6 Å². The number of piperidine rings is 1. The van der Waals surface area contributed by atoms with Crippen LogP contribution in [0.15, 0.2) is 0 Å². The average molecular weight is 224 g/mol. The van der Waals surface area contributed by atoms with Gasteiger partial charge in [0.1, 0.15) is 0 Å². The maximum Gasteiger partial charge on any atom is 0.471 e. The van der Waals surface area contributed by atoms with Gasteiger partial charge in [-0.1, -0.05) is 0 Å². The van der Waals surface area contributed by atoms with Crippen molar-refractivity contribution in [2.24, 2.45) is 11.7 Å². The first-order chi connectivity index (χ1) is 6.95. The Labute approximate surface area is 86.4 Å². The quantitative estimate of drug-likeness (QED) is 0.764. The van der Waals surface area contributed by atoms with E-state index in [4.69, 9.17) is 5.73 Å². The van der Waals surface area contributed by atoms with Gasteiger partial charge in [0.15, 0.2) is 0 Å². The molecule has 0 radical (unpaired) electrons. The second kappa shape index (κ2) is 4.83. The standard InChI is InChI=1S/C9H15F3N2O/c10-9(11,12)8(15)14-5-2-7(1-4-13)3-6-14/h7H,1-6,13H2. The summed E-state index contributed by atoms with van der Waals surface area (Å²) in [5.41, 5.74) is 5.36. The van der Waals surface area contributed by atoms with Crippen LogP contribution in [0.5, 0.6) is 0 Å². The number of nitrogens with zero attached hydrogens (tertiary/aromatic N) is 1. The Kier molecular flexibility index (Phi) is 3.96. The lowest BCUT2D eigenvalue weighted by Gasteiger charge is -2.32. The zero-order valence-electron chi connectivity index (χ0n) is 8.39. The smallest absolute Gasteiger partial charge is 0.335 e. The second-order valence-electron chi connectivity index (χ2n) is 3.81. The average Bonchev–Trinajstić information content (AvgIpc) is 2.17. The summed E-state index contributed by atoms with van der Waals surface area (Å²) in [5.74, 6) is -1.35. The Bertz CT molecular complexity index is 222. The van der Waals surface area contributed by atoms with Gasteiger partial charge in [-0.25, -0.2) is 0 Å². The first kappa shape index (κ1) is 12.3. The molecule has 0 atom stereocenters. The monoisotopic (exact) mass is 224 g/mol. The summed E-state index contributed by atoms with van der Waals surface area (Å²) in [5, 5.41) is 0. The SMILES string of the molecule is NCCC1CCN(C(=O)C(F)(F)F)CC1. The second-order valence-corrected chi connectivity index (χ2v) is 3.81. The minimum atomic E-state index is -4.74. The highest BCUT2D eigenvalue weighted by Gasteiger charge is 2.43. The first-order valence-corrected chi connectivity index (χ1v) is 5.01. The lowest BCUT2D eigenvalue weighted by Crippen LogP contribution is -2.45. The Balaban J connectivity index is 2.41. The molecule has 1 saturated heterocycles. The van der Waals surface area contributed by atoms with Crippen LogP contribution in [0.25, 0.3) is 0 Å². The van der Waals surface area contributed by atoms with Crippen molar-refractivity contribution < 1.29 is 18.0 Å². The highest BCUT2D eigenvalue weighted by Crippen LogP contribution is 2.24. The number of rotatable bonds is 2. The molecule has 1 fully saturated rings. The molecule has 88 valence electrons. The molecule has 0 unspecified atom stereocenters. The molecule has 0 aromatic rings. The third kappa shape index (κ3) is 3.37. The molecule has 0 bridgehead atoms. The molecule has 0 saturated carbocycles. The van der Waals surface area contributed by atoms with E-state index in [0.717, 1.165) is 11.3 Å². The predicted molar refractivity (Wildman–Crippen MR) is 49.0 cm³/mol. The number of carbonyl (C=O) groups excluding carboxylic acids is 1. The number of likely N-dealkylation sites (tertiary alicyclic amines) is 1. The highest BCUT2D eigenvalue weighted by atomic mass is 19.4. The molecule has 1 heterocycles. The number of nitrogens with two attached hydrogens (primary N) is 1. The molecule has 1 aliphatic rings. The fourth-order valence-corrected chi connectivity index (χ4v) is 1.84. The zero-order chi connectivity index (χ0) is 11.5. The number of amides is 1. The maximum absolute atomic E-state index is 12.1. The van der Waals surface area contributed by atoms with E-state index in [1.54, 1.807) is 0 Å². The van der Waals surface area contributed by atoms with Gasteiger partial charge in [0.05, 0.1) is 0 Å². The molecule has 2 N–H and O–H groups in total. The number of alkyl halides is 3. The van der Waals surface area contributed by atoms with Crippen molar-refractivity contribution in [3.05, 3.63) is 0 Å². The summed E-state index contributed by atoms with van der Waals surface area (Å²) in [6.07, 6.45) is -2.66. The van der Waals surface area contributed by atoms with Crippen LogP contribution < -0.4 is 5.73 Å². The van der Waals surface area contributed by atoms with Gasteiger partial charge in [-0.15, -0.1) is 0 Å². The van der Waals surface area contributed by atoms with Crippen LogP contribution in [0.1, 0.15) is 19.3 Å². The Morgan fingerprint density at radius 3 is 2.27 bits per heavy atom. The molecule has 0 spiro atoms. The number of hydrogen-bond donors (Lipinski definition) is 1. The summed E-state index contributed by atoms with van der Waals surface area (Å²) < 4.78 is 36.2. The van der Waals surface area contributed by atoms with E-state index in [0.29, 0.717) is 25.3 Å². The fraction of sp³-hybridized carbons (Fsp3) is 0.889. The van der Waals surface area contributed by atoms with E-state index in [1.165, 1.54) is 0 Å². The van der Waals surface area contributed by atoms with Gasteiger partial charge in [0, 0.05) is 13.1 Å². The van der Waals surface area contributed by atoms with Crippen LogP contribution in [0.4, 0.5) is 13.2 Å². The van der Waals surface area contributed by atoms with Crippen LogP contribution in [-0.4, -0.2) is 36.6 Å². The topological polar surface area (TPSA) is 46.3 Å². The third-order valence-electron chi connectivity index (χ3n) is 2.72. The lowest BCUT2D eigenvalue weighted by molar-refractivity contribution is -0.186. The van der Waals surface area contributed by atoms with Crippen molar-refractivity contribution in [1.82, 2.24) is 4.90 Å². The predicted octanol–water partition coefficient (Wildman–Crippen LogP) is 1.14. The summed E-state index contributed by atoms with van der Waals surface area (Å²) in [7, 11) is 0. The van der Waals surface area contributed by atoms with Crippen LogP contribution in [0.2, 0.25) is 0 Å². The summed E-state index contributed by atoms with van der Waals surface area (Å²) in [6, 6.07) is 0. The fourth-order valence-electron chi connectivity index (χ4n) is 1.84. The number of carbonyl (C=O) groups is 1. The molecule has 1 aliphatic heterocycles. The Morgan fingerprint density at radius 2 is 1.87 bits per heavy atom. The molecule has 1 amide bonds. The van der Waals surface area contributed by atoms with E-state index < -0.39 is 12.1 Å². The summed E-state index contributed by atoms with van der Waals surface area (Å²) in [4.78, 5) is 11.7. The van der Waals surface area contributed by atoms with Gasteiger partial charge in [0.2, 0.25) is 0 Å². The minimum absolute atomic E-state index is 0.197. The van der Waals surface area contributed by atoms with E-state index in [9.17, 15) is 18.0 Å². The summed E-state index contributed by atoms with van der Waals surface area (Å²) in [6.45, 7) is 0.948. The van der Waals surface area contributed by atoms with Gasteiger partial charge in [-0.3, -0.25) is 4.79 Å². The van der Waals surface area contributed by atoms with Crippen molar-refractivity contribution in [3.63, 3.8) is 0 Å². The normalized spacial score (nSPS) is 19.3. The van der Waals surface area contributed by atoms with E-state index >= 15 is 0 Å². The molecule has 6 heteroatoms. The molecule has 1 rings (SSSR count). The number of hydrogen-bond acceptors (Lipinski definition) is 2. The number of halogens is 3. The van der Waals surface area contributed by atoms with Gasteiger partial charge >= 0.3 is 12.1 Å². The van der Waals surface area contributed by atoms with Gasteiger partial charge in [-0.2, -0.15) is 13.2 Å². The van der Waals surface area contributed by atoms with E-state index in [-0.39, 0.29) is 13.1 Å². The molecule has 15 heavy (non-hydrogen) atoms. The lowest BCUT2D eigenvalue weighted by atomic mass is 9.93. The van der Waals surface area contributed by atoms with Crippen molar-refractivity contribution in [2.75, 3.05) is 19.6 Å². The third-order valence-corrected chi connectivity index (χ3v) is 2.72. The summed E-state index contributed by atoms with van der Waals surface area (Å²) >= 11 is 0. The molecule has 0 aliphatic carbocycles. The molecule has 0 aromatic carbocycles. The van der Waals surface area contributed by atoms with Crippen LogP contribution in [0, 0.1) is 5.92 Å². The van der Waals surface area contributed by atoms with Crippen molar-refractivity contribution >= 4 is 5.91 Å². The minimum Gasteiger partial charge on any atom is -0.335 e. The first-order valence-electron chi connectivity index (χ1n) is 5.01. The van der Waals surface area contributed by atoms with Crippen LogP contribution in [0.3, 0.4) is 0 Å². The molecule has 3 nitrogen and oxygen atoms in total. The Hall–Kier alpha value is -0.780. The molecule has 0 aromatic heterocycles. The van der Waals surface area contributed by atoms with Crippen molar-refractivity contribution in [2.45, 2.75) is 25.4 Å². The van der Waals surface area contributed by atoms with Crippen molar-refractivity contribution in [1.29, 1.82) is 0 Å². The van der Waals surface area contributed by atoms with Crippen LogP contribution in [-0.2, 0) is 4.79 Å². The zero-order valence-corrected chi connectivity index (χ0v) is 8.39. The van der Waals surface area contributed by atoms with Crippen LogP contribution >= 0.6 is 0 Å². The largest absolute Gasteiger partial charge is 0.471 e. The van der Waals surface area contributed by atoms with E-state index in [1.807, 2.05) is 0 Å². The maximum atomic E-state index is 12.1.